The van der Waals surface area contributed by atoms with Crippen LogP contribution in [-0.4, -0.2) is 37.7 Å². The van der Waals surface area contributed by atoms with E-state index in [-0.39, 0.29) is 17.4 Å². The van der Waals surface area contributed by atoms with Gasteiger partial charge in [-0.15, -0.1) is 0 Å². The monoisotopic (exact) mass is 364 g/mol. The zero-order valence-electron chi connectivity index (χ0n) is 13.6. The maximum absolute atomic E-state index is 13.3. The molecule has 3 rings (SSSR count). The van der Waals surface area contributed by atoms with Crippen LogP contribution in [0.2, 0.25) is 0 Å². The number of aromatic nitrogens is 4. The molecule has 1 N–H and O–H groups in total. The van der Waals surface area contributed by atoms with Crippen LogP contribution in [0.25, 0.3) is 10.9 Å². The predicted octanol–water partition coefficient (Wildman–Crippen LogP) is 1.67. The first kappa shape index (κ1) is 17.5. The molecule has 0 radical (unpaired) electrons. The second kappa shape index (κ2) is 6.90. The van der Waals surface area contributed by atoms with Crippen LogP contribution in [0, 0.1) is 0 Å². The molecular formula is C16H14F2N4O4. The number of methoxy groups -OCH3 is 1. The molecule has 10 heteroatoms. The van der Waals surface area contributed by atoms with Crippen LogP contribution in [-0.2, 0) is 17.9 Å². The van der Waals surface area contributed by atoms with E-state index in [9.17, 15) is 18.4 Å². The molecule has 0 spiro atoms. The van der Waals surface area contributed by atoms with Crippen LogP contribution < -0.4 is 10.3 Å². The predicted molar refractivity (Wildman–Crippen MR) is 86.5 cm³/mol. The standard InChI is InChI=1S/C16H14F2N4O4/c1-26-10-4-2-9(3-5-10)7-22-16(25)13-11(6-19-22)21(8-12(23)24)20-14(13)15(17)18/h2-6,15H,7-8H2,1H3,(H,23,24). The van der Waals surface area contributed by atoms with Gasteiger partial charge in [0.15, 0.2) is 0 Å². The van der Waals surface area contributed by atoms with Crippen LogP contribution in [0.4, 0.5) is 8.78 Å². The van der Waals surface area contributed by atoms with E-state index in [1.165, 1.54) is 13.3 Å². The minimum Gasteiger partial charge on any atom is -0.497 e. The molecule has 0 atom stereocenters. The van der Waals surface area contributed by atoms with Gasteiger partial charge in [-0.25, -0.2) is 13.5 Å². The summed E-state index contributed by atoms with van der Waals surface area (Å²) in [5, 5.41) is 16.1. The Morgan fingerprint density at radius 3 is 2.54 bits per heavy atom. The van der Waals surface area contributed by atoms with Gasteiger partial charge >= 0.3 is 5.97 Å². The van der Waals surface area contributed by atoms with Crippen LogP contribution in [0.1, 0.15) is 17.7 Å². The summed E-state index contributed by atoms with van der Waals surface area (Å²) in [7, 11) is 1.52. The molecule has 1 aromatic carbocycles. The smallest absolute Gasteiger partial charge is 0.325 e. The Balaban J connectivity index is 2.07. The Morgan fingerprint density at radius 1 is 1.27 bits per heavy atom. The fraction of sp³-hybridized carbons (Fsp3) is 0.250. The maximum Gasteiger partial charge on any atom is 0.325 e. The fourth-order valence-electron chi connectivity index (χ4n) is 2.57. The Kier molecular flexibility index (Phi) is 4.65. The molecule has 26 heavy (non-hydrogen) atoms. The van der Waals surface area contributed by atoms with Crippen LogP contribution in [0.5, 0.6) is 5.75 Å². The molecule has 0 bridgehead atoms. The quantitative estimate of drug-likeness (QED) is 0.714. The number of fused-ring (bicyclic) bond motifs is 1. The van der Waals surface area contributed by atoms with Gasteiger partial charge in [0.2, 0.25) is 0 Å². The Labute approximate surface area is 145 Å². The average molecular weight is 364 g/mol. The molecule has 8 nitrogen and oxygen atoms in total. The molecule has 0 unspecified atom stereocenters. The van der Waals surface area contributed by atoms with Crippen molar-refractivity contribution in [3.8, 4) is 5.75 Å². The largest absolute Gasteiger partial charge is 0.497 e. The minimum atomic E-state index is -3.02. The van der Waals surface area contributed by atoms with E-state index in [4.69, 9.17) is 9.84 Å². The van der Waals surface area contributed by atoms with Gasteiger partial charge in [-0.3, -0.25) is 14.3 Å². The molecule has 2 aromatic heterocycles. The Morgan fingerprint density at radius 2 is 1.96 bits per heavy atom. The van der Waals surface area contributed by atoms with Gasteiger partial charge in [-0.1, -0.05) is 12.1 Å². The number of hydrogen-bond acceptors (Lipinski definition) is 5. The van der Waals surface area contributed by atoms with Crippen molar-refractivity contribution in [1.29, 1.82) is 0 Å². The molecule has 0 aliphatic rings. The third-order valence-electron chi connectivity index (χ3n) is 3.77. The average Bonchev–Trinajstić information content (AvgIpc) is 2.97. The highest BCUT2D eigenvalue weighted by Crippen LogP contribution is 2.24. The first-order valence-electron chi connectivity index (χ1n) is 7.50. The number of hydrogen-bond donors (Lipinski definition) is 1. The van der Waals surface area contributed by atoms with E-state index in [0.717, 1.165) is 14.9 Å². The lowest BCUT2D eigenvalue weighted by molar-refractivity contribution is -0.137. The Hall–Kier alpha value is -3.30. The molecular weight excluding hydrogens is 350 g/mol. The van der Waals surface area contributed by atoms with Crippen LogP contribution in [0.3, 0.4) is 0 Å². The summed E-state index contributed by atoms with van der Waals surface area (Å²) in [6, 6.07) is 6.85. The molecule has 0 saturated heterocycles. The number of aliphatic carboxylic acids is 1. The maximum atomic E-state index is 13.3. The lowest BCUT2D eigenvalue weighted by Crippen LogP contribution is -2.24. The molecule has 3 aromatic rings. The Bertz CT molecular complexity index is 1010. The molecule has 0 saturated carbocycles. The van der Waals surface area contributed by atoms with Gasteiger partial charge in [-0.2, -0.15) is 10.2 Å². The zero-order valence-corrected chi connectivity index (χ0v) is 13.6. The second-order valence-corrected chi connectivity index (χ2v) is 5.45. The molecule has 0 aliphatic heterocycles. The van der Waals surface area contributed by atoms with Crippen LogP contribution in [0.15, 0.2) is 35.3 Å². The molecule has 0 fully saturated rings. The van der Waals surface area contributed by atoms with E-state index in [0.29, 0.717) is 5.75 Å². The lowest BCUT2D eigenvalue weighted by atomic mass is 10.2. The molecule has 0 amide bonds. The number of rotatable bonds is 6. The third kappa shape index (κ3) is 3.25. The summed E-state index contributed by atoms with van der Waals surface area (Å²) in [5.74, 6) is -0.628. The van der Waals surface area contributed by atoms with Crippen molar-refractivity contribution >= 4 is 16.9 Å². The van der Waals surface area contributed by atoms with Gasteiger partial charge in [0.05, 0.1) is 30.8 Å². The van der Waals surface area contributed by atoms with Gasteiger partial charge in [0.25, 0.3) is 12.0 Å². The zero-order chi connectivity index (χ0) is 18.8. The highest BCUT2D eigenvalue weighted by atomic mass is 19.3. The first-order valence-corrected chi connectivity index (χ1v) is 7.50. The minimum absolute atomic E-state index is 0.0429. The second-order valence-electron chi connectivity index (χ2n) is 5.45. The molecule has 136 valence electrons. The van der Waals surface area contributed by atoms with E-state index in [1.54, 1.807) is 24.3 Å². The van der Waals surface area contributed by atoms with Gasteiger partial charge in [-0.05, 0) is 17.7 Å². The summed E-state index contributed by atoms with van der Waals surface area (Å²) in [6.07, 6.45) is -1.85. The summed E-state index contributed by atoms with van der Waals surface area (Å²) < 4.78 is 33.4. The van der Waals surface area contributed by atoms with Crippen molar-refractivity contribution in [2.45, 2.75) is 19.5 Å². The van der Waals surface area contributed by atoms with Crippen molar-refractivity contribution in [3.05, 3.63) is 52.1 Å². The number of carbonyl (C=O) groups is 1. The number of carboxylic acid groups (broad SMARTS) is 1. The van der Waals surface area contributed by atoms with E-state index >= 15 is 0 Å². The van der Waals surface area contributed by atoms with Crippen molar-refractivity contribution in [2.75, 3.05) is 7.11 Å². The SMILES string of the molecule is COc1ccc(Cn2ncc3c(c(C(F)F)nn3CC(=O)O)c2=O)cc1. The summed E-state index contributed by atoms with van der Waals surface area (Å²) in [6.45, 7) is -0.585. The highest BCUT2D eigenvalue weighted by Gasteiger charge is 2.23. The number of halogens is 2. The van der Waals surface area contributed by atoms with Gasteiger partial charge < -0.3 is 9.84 Å². The van der Waals surface area contributed by atoms with Crippen LogP contribution >= 0.6 is 0 Å². The lowest BCUT2D eigenvalue weighted by Gasteiger charge is -2.06. The fourth-order valence-corrected chi connectivity index (χ4v) is 2.57. The number of benzene rings is 1. The van der Waals surface area contributed by atoms with Crippen molar-refractivity contribution < 1.29 is 23.4 Å². The van der Waals surface area contributed by atoms with E-state index < -0.39 is 30.2 Å². The summed E-state index contributed by atoms with van der Waals surface area (Å²) in [4.78, 5) is 23.5. The number of ether oxygens (including phenoxy) is 1. The molecule has 0 aliphatic carbocycles. The summed E-state index contributed by atoms with van der Waals surface area (Å²) >= 11 is 0. The first-order chi connectivity index (χ1) is 12.4. The van der Waals surface area contributed by atoms with Crippen molar-refractivity contribution in [3.63, 3.8) is 0 Å². The highest BCUT2D eigenvalue weighted by molar-refractivity contribution is 5.81. The van der Waals surface area contributed by atoms with E-state index in [2.05, 4.69) is 10.2 Å². The normalized spacial score (nSPS) is 11.2. The topological polar surface area (TPSA) is 99.2 Å². The third-order valence-corrected chi connectivity index (χ3v) is 3.77. The number of alkyl halides is 2. The van der Waals surface area contributed by atoms with Crippen molar-refractivity contribution in [2.24, 2.45) is 0 Å². The van der Waals surface area contributed by atoms with Gasteiger partial charge in [0, 0.05) is 0 Å². The van der Waals surface area contributed by atoms with Gasteiger partial charge in [0.1, 0.15) is 18.0 Å². The van der Waals surface area contributed by atoms with Crippen molar-refractivity contribution in [1.82, 2.24) is 19.6 Å². The number of carboxylic acids is 1. The molecule has 2 heterocycles. The van der Waals surface area contributed by atoms with E-state index in [1.807, 2.05) is 0 Å². The number of nitrogens with zero attached hydrogens (tertiary/aromatic N) is 4. The summed E-state index contributed by atoms with van der Waals surface area (Å²) in [5.41, 5.74) is -0.836.